The molecule has 0 aromatic heterocycles. The van der Waals surface area contributed by atoms with Crippen LogP contribution in [0.4, 0.5) is 0 Å². The summed E-state index contributed by atoms with van der Waals surface area (Å²) in [6.07, 6.45) is 3.55. The molecule has 0 saturated carbocycles. The summed E-state index contributed by atoms with van der Waals surface area (Å²) in [6, 6.07) is 11.3. The third kappa shape index (κ3) is 5.80. The van der Waals surface area contributed by atoms with Gasteiger partial charge in [0, 0.05) is 6.42 Å². The first kappa shape index (κ1) is 18.3. The van der Waals surface area contributed by atoms with Gasteiger partial charge < -0.3 is 14.9 Å². The molecule has 2 aromatic carbocycles. The highest BCUT2D eigenvalue weighted by Crippen LogP contribution is 2.26. The van der Waals surface area contributed by atoms with Crippen molar-refractivity contribution in [3.8, 4) is 17.2 Å². The Hall–Kier alpha value is -3.08. The van der Waals surface area contributed by atoms with Gasteiger partial charge in [-0.2, -0.15) is 0 Å². The van der Waals surface area contributed by atoms with E-state index in [9.17, 15) is 19.8 Å². The maximum Gasteiger partial charge on any atom is 0.163 e. The molecule has 0 heterocycles. The van der Waals surface area contributed by atoms with Gasteiger partial charge in [-0.1, -0.05) is 24.3 Å². The molecule has 2 aromatic rings. The Kier molecular flexibility index (Phi) is 6.34. The summed E-state index contributed by atoms with van der Waals surface area (Å²) in [5, 5.41) is 18.7. The van der Waals surface area contributed by atoms with Crippen LogP contribution in [0.1, 0.15) is 24.0 Å². The van der Waals surface area contributed by atoms with Crippen LogP contribution < -0.4 is 4.74 Å². The molecule has 0 amide bonds. The molecule has 0 fully saturated rings. The highest BCUT2D eigenvalue weighted by atomic mass is 16.5. The lowest BCUT2D eigenvalue weighted by atomic mass is 10.0. The van der Waals surface area contributed by atoms with Crippen LogP contribution in [-0.2, 0) is 16.0 Å². The first-order chi connectivity index (χ1) is 12.0. The predicted octanol–water partition coefficient (Wildman–Crippen LogP) is 3.28. The molecule has 0 spiro atoms. The van der Waals surface area contributed by atoms with Crippen LogP contribution in [0.3, 0.4) is 0 Å². The lowest BCUT2D eigenvalue weighted by molar-refractivity contribution is -0.124. The van der Waals surface area contributed by atoms with Gasteiger partial charge in [0.1, 0.15) is 11.5 Å². The number of rotatable bonds is 8. The van der Waals surface area contributed by atoms with Gasteiger partial charge in [0.2, 0.25) is 0 Å². The number of ether oxygens (including phenoxy) is 1. The summed E-state index contributed by atoms with van der Waals surface area (Å²) in [5.74, 6) is 0.156. The molecule has 0 unspecified atom stereocenters. The Labute approximate surface area is 146 Å². The minimum absolute atomic E-state index is 0.0483. The summed E-state index contributed by atoms with van der Waals surface area (Å²) >= 11 is 0. The second-order valence-corrected chi connectivity index (χ2v) is 5.61. The molecule has 0 saturated heterocycles. The van der Waals surface area contributed by atoms with E-state index in [0.29, 0.717) is 12.2 Å². The molecule has 0 bridgehead atoms. The van der Waals surface area contributed by atoms with Crippen molar-refractivity contribution in [1.29, 1.82) is 0 Å². The van der Waals surface area contributed by atoms with E-state index in [2.05, 4.69) is 0 Å². The van der Waals surface area contributed by atoms with Crippen LogP contribution in [0.2, 0.25) is 0 Å². The van der Waals surface area contributed by atoms with Crippen molar-refractivity contribution >= 4 is 17.6 Å². The van der Waals surface area contributed by atoms with Crippen molar-refractivity contribution in [1.82, 2.24) is 0 Å². The second-order valence-electron chi connectivity index (χ2n) is 5.61. The summed E-state index contributed by atoms with van der Waals surface area (Å²) < 4.78 is 5.02. The van der Waals surface area contributed by atoms with Gasteiger partial charge >= 0.3 is 0 Å². The number of aromatic hydroxyl groups is 2. The van der Waals surface area contributed by atoms with Crippen LogP contribution in [0, 0.1) is 0 Å². The number of Topliss-reactive ketones (excluding diaryl/α,β-unsaturated/α-hetero) is 1. The minimum Gasteiger partial charge on any atom is -0.508 e. The summed E-state index contributed by atoms with van der Waals surface area (Å²) in [6.45, 7) is 0. The monoisotopic (exact) mass is 340 g/mol. The average Bonchev–Trinajstić information content (AvgIpc) is 2.60. The van der Waals surface area contributed by atoms with Crippen molar-refractivity contribution in [2.45, 2.75) is 19.3 Å². The number of allylic oxidation sites excluding steroid dienone is 1. The number of ketones is 2. The maximum absolute atomic E-state index is 11.9. The smallest absolute Gasteiger partial charge is 0.163 e. The number of phenols is 2. The van der Waals surface area contributed by atoms with Crippen molar-refractivity contribution < 1.29 is 24.5 Å². The van der Waals surface area contributed by atoms with E-state index in [1.807, 2.05) is 0 Å². The fourth-order valence-electron chi connectivity index (χ4n) is 2.28. The molecule has 0 atom stereocenters. The van der Waals surface area contributed by atoms with Gasteiger partial charge in [0.25, 0.3) is 0 Å². The summed E-state index contributed by atoms with van der Waals surface area (Å²) in [4.78, 5) is 23.8. The van der Waals surface area contributed by atoms with Gasteiger partial charge in [0.15, 0.2) is 17.3 Å². The van der Waals surface area contributed by atoms with Crippen LogP contribution in [-0.4, -0.2) is 28.9 Å². The normalized spacial score (nSPS) is 10.8. The van der Waals surface area contributed by atoms with E-state index in [1.54, 1.807) is 30.3 Å². The number of aryl methyl sites for hydroxylation is 1. The number of hydrogen-bond acceptors (Lipinski definition) is 5. The number of benzene rings is 2. The lowest BCUT2D eigenvalue weighted by Gasteiger charge is -2.06. The Morgan fingerprint density at radius 1 is 1.08 bits per heavy atom. The number of phenolic OH excluding ortho intramolecular Hbond substituents is 2. The Morgan fingerprint density at radius 3 is 2.48 bits per heavy atom. The zero-order chi connectivity index (χ0) is 18.2. The Balaban J connectivity index is 1.83. The van der Waals surface area contributed by atoms with Crippen LogP contribution >= 0.6 is 0 Å². The fraction of sp³-hybridized carbons (Fsp3) is 0.200. The Morgan fingerprint density at radius 2 is 1.80 bits per heavy atom. The zero-order valence-corrected chi connectivity index (χ0v) is 13.9. The van der Waals surface area contributed by atoms with E-state index in [0.717, 1.165) is 11.1 Å². The van der Waals surface area contributed by atoms with Crippen molar-refractivity contribution in [2.24, 2.45) is 0 Å². The second kappa shape index (κ2) is 8.68. The molecular formula is C20H20O5. The van der Waals surface area contributed by atoms with Crippen LogP contribution in [0.25, 0.3) is 6.08 Å². The largest absolute Gasteiger partial charge is 0.508 e. The van der Waals surface area contributed by atoms with E-state index in [1.165, 1.54) is 31.4 Å². The standard InChI is InChI=1S/C20H20O5/c1-25-20-12-15(6-11-19(20)24)5-10-18(23)13-17(22)9-4-14-2-7-16(21)8-3-14/h2-4,6-9,11-12,21,24H,5,10,13H2,1H3/b9-4+. The van der Waals surface area contributed by atoms with Crippen LogP contribution in [0.15, 0.2) is 48.5 Å². The van der Waals surface area contributed by atoms with Crippen molar-refractivity contribution in [2.75, 3.05) is 7.11 Å². The van der Waals surface area contributed by atoms with Gasteiger partial charge in [-0.05, 0) is 47.9 Å². The van der Waals surface area contributed by atoms with E-state index < -0.39 is 0 Å². The van der Waals surface area contributed by atoms with Gasteiger partial charge in [-0.3, -0.25) is 9.59 Å². The van der Waals surface area contributed by atoms with E-state index >= 15 is 0 Å². The fourth-order valence-corrected chi connectivity index (χ4v) is 2.28. The third-order valence-corrected chi connectivity index (χ3v) is 3.66. The molecule has 2 N–H and O–H groups in total. The number of carbonyl (C=O) groups is 2. The predicted molar refractivity (Wildman–Crippen MR) is 94.8 cm³/mol. The van der Waals surface area contributed by atoms with Crippen molar-refractivity contribution in [3.63, 3.8) is 0 Å². The minimum atomic E-state index is -0.263. The Bertz CT molecular complexity index is 775. The number of carbonyl (C=O) groups excluding carboxylic acids is 2. The maximum atomic E-state index is 11.9. The molecule has 5 nitrogen and oxygen atoms in total. The first-order valence-electron chi connectivity index (χ1n) is 7.85. The highest BCUT2D eigenvalue weighted by molar-refractivity contribution is 6.06. The molecule has 0 aliphatic carbocycles. The van der Waals surface area contributed by atoms with Gasteiger partial charge in [-0.25, -0.2) is 0 Å². The van der Waals surface area contributed by atoms with E-state index in [4.69, 9.17) is 4.74 Å². The number of methoxy groups -OCH3 is 1. The quantitative estimate of drug-likeness (QED) is 0.569. The van der Waals surface area contributed by atoms with Crippen molar-refractivity contribution in [3.05, 3.63) is 59.7 Å². The molecule has 130 valence electrons. The molecular weight excluding hydrogens is 320 g/mol. The molecule has 0 aliphatic heterocycles. The SMILES string of the molecule is COc1cc(CCC(=O)CC(=O)/C=C/c2ccc(O)cc2)ccc1O. The molecule has 5 heteroatoms. The first-order valence-corrected chi connectivity index (χ1v) is 7.85. The van der Waals surface area contributed by atoms with Gasteiger partial charge in [-0.15, -0.1) is 0 Å². The highest BCUT2D eigenvalue weighted by Gasteiger charge is 2.09. The molecule has 2 rings (SSSR count). The number of hydrogen-bond donors (Lipinski definition) is 2. The zero-order valence-electron chi connectivity index (χ0n) is 13.9. The molecule has 25 heavy (non-hydrogen) atoms. The van der Waals surface area contributed by atoms with Crippen LogP contribution in [0.5, 0.6) is 17.2 Å². The van der Waals surface area contributed by atoms with Gasteiger partial charge in [0.05, 0.1) is 13.5 Å². The summed E-state index contributed by atoms with van der Waals surface area (Å²) in [5.41, 5.74) is 1.63. The summed E-state index contributed by atoms with van der Waals surface area (Å²) in [7, 11) is 1.46. The van der Waals surface area contributed by atoms with E-state index in [-0.39, 0.29) is 35.9 Å². The third-order valence-electron chi connectivity index (χ3n) is 3.66. The lowest BCUT2D eigenvalue weighted by Crippen LogP contribution is -2.06. The average molecular weight is 340 g/mol. The topological polar surface area (TPSA) is 83.8 Å². The molecule has 0 radical (unpaired) electrons. The molecule has 0 aliphatic rings.